The van der Waals surface area contributed by atoms with Gasteiger partial charge in [-0.25, -0.2) is 4.98 Å². The van der Waals surface area contributed by atoms with Gasteiger partial charge in [-0.1, -0.05) is 37.1 Å². The van der Waals surface area contributed by atoms with Crippen LogP contribution in [0.1, 0.15) is 63.4 Å². The molecule has 1 N–H and O–H groups in total. The minimum atomic E-state index is -0.179. The predicted molar refractivity (Wildman–Crippen MR) is 118 cm³/mol. The van der Waals surface area contributed by atoms with E-state index in [0.717, 1.165) is 12.1 Å². The highest BCUT2D eigenvalue weighted by atomic mass is 16.2. The molecule has 0 spiro atoms. The highest BCUT2D eigenvalue weighted by Crippen LogP contribution is 2.15. The van der Waals surface area contributed by atoms with Gasteiger partial charge in [0.05, 0.1) is 11.3 Å². The van der Waals surface area contributed by atoms with Gasteiger partial charge in [0, 0.05) is 27.2 Å². The van der Waals surface area contributed by atoms with Crippen LogP contribution in [0.4, 0.5) is 0 Å². The van der Waals surface area contributed by atoms with Crippen molar-refractivity contribution < 1.29 is 9.59 Å². The van der Waals surface area contributed by atoms with Gasteiger partial charge >= 0.3 is 0 Å². The smallest absolute Gasteiger partial charge is 0.271 e. The van der Waals surface area contributed by atoms with E-state index in [4.69, 9.17) is 0 Å². The van der Waals surface area contributed by atoms with Crippen molar-refractivity contribution in [1.82, 2.24) is 20.1 Å². The first-order valence-corrected chi connectivity index (χ1v) is 10.7. The number of hydrogen-bond donors (Lipinski definition) is 1. The van der Waals surface area contributed by atoms with Gasteiger partial charge in [-0.3, -0.25) is 14.5 Å². The number of nitrogens with one attached hydrogen (secondary N) is 1. The van der Waals surface area contributed by atoms with Crippen molar-refractivity contribution in [1.29, 1.82) is 0 Å². The summed E-state index contributed by atoms with van der Waals surface area (Å²) in [5, 5.41) is 2.98. The van der Waals surface area contributed by atoms with Crippen LogP contribution in [0.15, 0.2) is 36.4 Å². The summed E-state index contributed by atoms with van der Waals surface area (Å²) in [5.41, 5.74) is 3.75. The molecular formula is C24H32N4O2. The molecule has 2 heterocycles. The number of rotatable bonds is 6. The molecule has 0 unspecified atom stereocenters. The Morgan fingerprint density at radius 3 is 2.40 bits per heavy atom. The second-order valence-corrected chi connectivity index (χ2v) is 8.22. The van der Waals surface area contributed by atoms with Crippen LogP contribution in [0.5, 0.6) is 0 Å². The van der Waals surface area contributed by atoms with E-state index in [-0.39, 0.29) is 11.8 Å². The standard InChI is InChI=1S/C24H32N4O2/c1-18-21(11-12-22(26-18)24(30)27(2)3)23(29)25-16-19-9-8-10-20(15-19)17-28-13-6-4-5-7-14-28/h8-12,15H,4-7,13-14,16-17H2,1-3H3,(H,25,29). The molecule has 0 aliphatic carbocycles. The van der Waals surface area contributed by atoms with Gasteiger partial charge in [-0.05, 0) is 56.1 Å². The Labute approximate surface area is 179 Å². The molecule has 1 aliphatic heterocycles. The third-order valence-electron chi connectivity index (χ3n) is 5.51. The number of benzene rings is 1. The average molecular weight is 409 g/mol. The van der Waals surface area contributed by atoms with Crippen molar-refractivity contribution in [3.05, 3.63) is 64.5 Å². The molecule has 1 aromatic heterocycles. The first-order chi connectivity index (χ1) is 14.4. The Hall–Kier alpha value is -2.73. The zero-order valence-corrected chi connectivity index (χ0v) is 18.3. The number of pyridine rings is 1. The van der Waals surface area contributed by atoms with E-state index < -0.39 is 0 Å². The van der Waals surface area contributed by atoms with E-state index in [9.17, 15) is 9.59 Å². The number of hydrogen-bond acceptors (Lipinski definition) is 4. The number of carbonyl (C=O) groups excluding carboxylic acids is 2. The summed E-state index contributed by atoms with van der Waals surface area (Å²) >= 11 is 0. The van der Waals surface area contributed by atoms with Gasteiger partial charge in [0.25, 0.3) is 11.8 Å². The van der Waals surface area contributed by atoms with Crippen LogP contribution in [0.25, 0.3) is 0 Å². The van der Waals surface area contributed by atoms with Crippen molar-refractivity contribution in [2.45, 2.75) is 45.7 Å². The minimum Gasteiger partial charge on any atom is -0.348 e. The molecule has 1 fully saturated rings. The van der Waals surface area contributed by atoms with Gasteiger partial charge < -0.3 is 10.2 Å². The number of likely N-dealkylation sites (tertiary alicyclic amines) is 1. The lowest BCUT2D eigenvalue weighted by Crippen LogP contribution is -2.26. The summed E-state index contributed by atoms with van der Waals surface area (Å²) in [5.74, 6) is -0.354. The van der Waals surface area contributed by atoms with Crippen molar-refractivity contribution in [3.8, 4) is 0 Å². The fraction of sp³-hybridized carbons (Fsp3) is 0.458. The maximum atomic E-state index is 12.6. The summed E-state index contributed by atoms with van der Waals surface area (Å²) in [6.45, 7) is 5.51. The summed E-state index contributed by atoms with van der Waals surface area (Å²) in [7, 11) is 3.36. The van der Waals surface area contributed by atoms with Crippen molar-refractivity contribution in [3.63, 3.8) is 0 Å². The largest absolute Gasteiger partial charge is 0.348 e. The molecule has 0 radical (unpaired) electrons. The van der Waals surface area contributed by atoms with E-state index >= 15 is 0 Å². The van der Waals surface area contributed by atoms with E-state index in [0.29, 0.717) is 23.5 Å². The topological polar surface area (TPSA) is 65.5 Å². The number of aromatic nitrogens is 1. The Balaban J connectivity index is 1.60. The molecule has 6 heteroatoms. The Morgan fingerprint density at radius 1 is 1.03 bits per heavy atom. The lowest BCUT2D eigenvalue weighted by Gasteiger charge is -2.20. The summed E-state index contributed by atoms with van der Waals surface area (Å²) in [4.78, 5) is 33.0. The molecule has 3 rings (SSSR count). The van der Waals surface area contributed by atoms with Crippen LogP contribution in [0, 0.1) is 6.92 Å². The van der Waals surface area contributed by atoms with Crippen LogP contribution in [-0.4, -0.2) is 53.8 Å². The fourth-order valence-corrected chi connectivity index (χ4v) is 3.82. The average Bonchev–Trinajstić information content (AvgIpc) is 3.00. The predicted octanol–water partition coefficient (Wildman–Crippen LogP) is 3.40. The third kappa shape index (κ3) is 5.89. The summed E-state index contributed by atoms with van der Waals surface area (Å²) < 4.78 is 0. The van der Waals surface area contributed by atoms with E-state index in [1.165, 1.54) is 49.2 Å². The van der Waals surface area contributed by atoms with Crippen LogP contribution in [-0.2, 0) is 13.1 Å². The molecule has 0 saturated carbocycles. The normalized spacial score (nSPS) is 14.8. The van der Waals surface area contributed by atoms with Crippen LogP contribution in [0.2, 0.25) is 0 Å². The first kappa shape index (κ1) is 22.0. The molecule has 2 aromatic rings. The van der Waals surface area contributed by atoms with Gasteiger partial charge in [0.1, 0.15) is 5.69 Å². The number of nitrogens with zero attached hydrogens (tertiary/aromatic N) is 3. The second-order valence-electron chi connectivity index (χ2n) is 8.22. The highest BCUT2D eigenvalue weighted by Gasteiger charge is 2.15. The molecule has 1 aromatic carbocycles. The molecule has 0 atom stereocenters. The third-order valence-corrected chi connectivity index (χ3v) is 5.51. The fourth-order valence-electron chi connectivity index (χ4n) is 3.82. The highest BCUT2D eigenvalue weighted by molar-refractivity contribution is 5.97. The zero-order chi connectivity index (χ0) is 21.5. The van der Waals surface area contributed by atoms with E-state index in [1.807, 2.05) is 6.07 Å². The van der Waals surface area contributed by atoms with Crippen molar-refractivity contribution >= 4 is 11.8 Å². The van der Waals surface area contributed by atoms with Crippen molar-refractivity contribution in [2.24, 2.45) is 0 Å². The SMILES string of the molecule is Cc1nc(C(=O)N(C)C)ccc1C(=O)NCc1cccc(CN2CCCCCC2)c1. The van der Waals surface area contributed by atoms with Crippen LogP contribution < -0.4 is 5.32 Å². The Bertz CT molecular complexity index is 887. The number of aryl methyl sites for hydroxylation is 1. The Morgan fingerprint density at radius 2 is 1.73 bits per heavy atom. The van der Waals surface area contributed by atoms with Crippen molar-refractivity contribution in [2.75, 3.05) is 27.2 Å². The summed E-state index contributed by atoms with van der Waals surface area (Å²) in [6, 6.07) is 11.7. The molecule has 2 amide bonds. The first-order valence-electron chi connectivity index (χ1n) is 10.7. The van der Waals surface area contributed by atoms with Gasteiger partial charge in [-0.2, -0.15) is 0 Å². The number of amides is 2. The summed E-state index contributed by atoms with van der Waals surface area (Å²) in [6.07, 6.45) is 5.23. The van der Waals surface area contributed by atoms with Crippen LogP contribution in [0.3, 0.4) is 0 Å². The lowest BCUT2D eigenvalue weighted by molar-refractivity contribution is 0.0820. The van der Waals surface area contributed by atoms with E-state index in [2.05, 4.69) is 33.4 Å². The molecule has 30 heavy (non-hydrogen) atoms. The van der Waals surface area contributed by atoms with Gasteiger partial charge in [0.2, 0.25) is 0 Å². The second kappa shape index (κ2) is 10.3. The maximum Gasteiger partial charge on any atom is 0.271 e. The molecular weight excluding hydrogens is 376 g/mol. The maximum absolute atomic E-state index is 12.6. The Kier molecular flexibility index (Phi) is 7.57. The quantitative estimate of drug-likeness (QED) is 0.796. The molecule has 160 valence electrons. The molecule has 1 aliphatic rings. The zero-order valence-electron chi connectivity index (χ0n) is 18.3. The van der Waals surface area contributed by atoms with E-state index in [1.54, 1.807) is 33.2 Å². The number of carbonyl (C=O) groups is 2. The molecule has 6 nitrogen and oxygen atoms in total. The monoisotopic (exact) mass is 408 g/mol. The van der Waals surface area contributed by atoms with Gasteiger partial charge in [-0.15, -0.1) is 0 Å². The van der Waals surface area contributed by atoms with Gasteiger partial charge in [0.15, 0.2) is 0 Å². The molecule has 0 bridgehead atoms. The lowest BCUT2D eigenvalue weighted by atomic mass is 10.1. The van der Waals surface area contributed by atoms with Crippen LogP contribution >= 0.6 is 0 Å². The molecule has 1 saturated heterocycles. The minimum absolute atomic E-state index is 0.175.